The van der Waals surface area contributed by atoms with Crippen LogP contribution in [0.5, 0.6) is 0 Å². The van der Waals surface area contributed by atoms with Crippen molar-refractivity contribution < 1.29 is 0 Å². The number of benzene rings is 1. The molecule has 1 nitrogen and oxygen atoms in total. The summed E-state index contributed by atoms with van der Waals surface area (Å²) in [7, 11) is 0. The lowest BCUT2D eigenvalue weighted by Crippen LogP contribution is -2.24. The minimum absolute atomic E-state index is 0.801. The molecule has 0 atom stereocenters. The maximum Gasteiger partial charge on any atom is 0.0173 e. The number of hydrogen-bond donors (Lipinski definition) is 1. The molecule has 2 aliphatic rings. The third-order valence-corrected chi connectivity index (χ3v) is 5.08. The van der Waals surface area contributed by atoms with Crippen molar-refractivity contribution >= 4 is 6.08 Å². The van der Waals surface area contributed by atoms with Crippen molar-refractivity contribution in [2.45, 2.75) is 64.8 Å². The molecule has 1 aromatic carbocycles. The van der Waals surface area contributed by atoms with Gasteiger partial charge in [0.05, 0.1) is 0 Å². The molecular weight excluding hydrogens is 254 g/mol. The summed E-state index contributed by atoms with van der Waals surface area (Å²) in [6, 6.07) is 7.62. The van der Waals surface area contributed by atoms with Gasteiger partial charge in [0, 0.05) is 12.6 Å². The van der Waals surface area contributed by atoms with Crippen LogP contribution in [0.25, 0.3) is 6.08 Å². The second-order valence-electron chi connectivity index (χ2n) is 7.07. The van der Waals surface area contributed by atoms with Crippen LogP contribution in [0.4, 0.5) is 0 Å². The Balaban J connectivity index is 1.80. The Hall–Kier alpha value is -1.08. The van der Waals surface area contributed by atoms with Crippen molar-refractivity contribution in [2.75, 3.05) is 6.54 Å². The van der Waals surface area contributed by atoms with Crippen LogP contribution in [0.1, 0.15) is 61.6 Å². The van der Waals surface area contributed by atoms with Crippen LogP contribution in [-0.2, 0) is 0 Å². The summed E-state index contributed by atoms with van der Waals surface area (Å²) in [5, 5.41) is 3.74. The molecule has 0 saturated heterocycles. The molecule has 0 radical (unpaired) electrons. The summed E-state index contributed by atoms with van der Waals surface area (Å²) in [5.41, 5.74) is 5.84. The molecule has 1 heteroatoms. The molecule has 0 unspecified atom stereocenters. The van der Waals surface area contributed by atoms with Gasteiger partial charge in [-0.2, -0.15) is 0 Å². The van der Waals surface area contributed by atoms with E-state index >= 15 is 0 Å². The second-order valence-corrected chi connectivity index (χ2v) is 7.07. The van der Waals surface area contributed by atoms with Crippen molar-refractivity contribution in [3.8, 4) is 0 Å². The molecule has 1 N–H and O–H groups in total. The van der Waals surface area contributed by atoms with Crippen LogP contribution in [-0.4, -0.2) is 12.6 Å². The zero-order valence-electron chi connectivity index (χ0n) is 13.6. The quantitative estimate of drug-likeness (QED) is 0.800. The minimum atomic E-state index is 0.801. The average Bonchev–Trinajstić information content (AvgIpc) is 3.32. The van der Waals surface area contributed by atoms with E-state index in [4.69, 9.17) is 0 Å². The predicted octanol–water partition coefficient (Wildman–Crippen LogP) is 5.02. The third-order valence-electron chi connectivity index (χ3n) is 5.08. The van der Waals surface area contributed by atoms with E-state index in [2.05, 4.69) is 43.4 Å². The standard InChI is InChI=1S/C20H29N/c1-15-8-9-16(2)18(12-15)13-19(14-21-20-10-11-20)17-6-4-3-5-7-17/h8-9,12-13,17,20-21H,3-7,10-11,14H2,1-2H3/b19-13-. The van der Waals surface area contributed by atoms with Gasteiger partial charge in [-0.1, -0.05) is 54.7 Å². The van der Waals surface area contributed by atoms with E-state index in [9.17, 15) is 0 Å². The summed E-state index contributed by atoms with van der Waals surface area (Å²) in [6.07, 6.45) is 12.3. The summed E-state index contributed by atoms with van der Waals surface area (Å²) in [4.78, 5) is 0. The molecule has 2 aliphatic carbocycles. The molecule has 2 saturated carbocycles. The largest absolute Gasteiger partial charge is 0.310 e. The lowest BCUT2D eigenvalue weighted by Gasteiger charge is -2.25. The van der Waals surface area contributed by atoms with Crippen molar-refractivity contribution in [2.24, 2.45) is 5.92 Å². The summed E-state index contributed by atoms with van der Waals surface area (Å²) in [6.45, 7) is 5.53. The Kier molecular flexibility index (Phi) is 4.80. The van der Waals surface area contributed by atoms with Crippen molar-refractivity contribution in [3.05, 3.63) is 40.5 Å². The van der Waals surface area contributed by atoms with Crippen LogP contribution >= 0.6 is 0 Å². The fraction of sp³-hybridized carbons (Fsp3) is 0.600. The van der Waals surface area contributed by atoms with Gasteiger partial charge in [0.25, 0.3) is 0 Å². The molecule has 114 valence electrons. The van der Waals surface area contributed by atoms with Crippen LogP contribution in [0.3, 0.4) is 0 Å². The fourth-order valence-corrected chi connectivity index (χ4v) is 3.45. The van der Waals surface area contributed by atoms with Crippen LogP contribution < -0.4 is 5.32 Å². The first-order valence-electron chi connectivity index (χ1n) is 8.73. The Morgan fingerprint density at radius 2 is 1.86 bits per heavy atom. The van der Waals surface area contributed by atoms with Gasteiger partial charge in [-0.25, -0.2) is 0 Å². The molecule has 1 aromatic rings. The van der Waals surface area contributed by atoms with Crippen LogP contribution in [0.2, 0.25) is 0 Å². The maximum absolute atomic E-state index is 3.74. The van der Waals surface area contributed by atoms with Gasteiger partial charge in [-0.15, -0.1) is 0 Å². The zero-order chi connectivity index (χ0) is 14.7. The first-order chi connectivity index (χ1) is 10.2. The Morgan fingerprint density at radius 1 is 1.10 bits per heavy atom. The monoisotopic (exact) mass is 283 g/mol. The number of rotatable bonds is 5. The number of aryl methyl sites for hydroxylation is 2. The van der Waals surface area contributed by atoms with E-state index in [1.807, 2.05) is 0 Å². The van der Waals surface area contributed by atoms with E-state index in [1.54, 1.807) is 5.57 Å². The highest BCUT2D eigenvalue weighted by atomic mass is 14.9. The van der Waals surface area contributed by atoms with Gasteiger partial charge < -0.3 is 5.32 Å². The van der Waals surface area contributed by atoms with Crippen LogP contribution in [0.15, 0.2) is 23.8 Å². The fourth-order valence-electron chi connectivity index (χ4n) is 3.45. The van der Waals surface area contributed by atoms with Gasteiger partial charge in [-0.3, -0.25) is 0 Å². The first kappa shape index (κ1) is 14.8. The predicted molar refractivity (Wildman–Crippen MR) is 91.5 cm³/mol. The first-order valence-corrected chi connectivity index (χ1v) is 8.73. The smallest absolute Gasteiger partial charge is 0.0173 e. The molecule has 2 fully saturated rings. The van der Waals surface area contributed by atoms with Crippen molar-refractivity contribution in [1.29, 1.82) is 0 Å². The van der Waals surface area contributed by atoms with Crippen molar-refractivity contribution in [1.82, 2.24) is 5.32 Å². The van der Waals surface area contributed by atoms with E-state index in [-0.39, 0.29) is 0 Å². The lowest BCUT2D eigenvalue weighted by atomic mass is 9.82. The maximum atomic E-state index is 3.74. The highest BCUT2D eigenvalue weighted by molar-refractivity contribution is 5.58. The summed E-state index contributed by atoms with van der Waals surface area (Å²) in [5.74, 6) is 0.810. The molecule has 0 aromatic heterocycles. The molecule has 0 bridgehead atoms. The van der Waals surface area contributed by atoms with Crippen molar-refractivity contribution in [3.63, 3.8) is 0 Å². The molecule has 0 spiro atoms. The van der Waals surface area contributed by atoms with Crippen LogP contribution in [0, 0.1) is 19.8 Å². The van der Waals surface area contributed by atoms with Gasteiger partial charge in [0.15, 0.2) is 0 Å². The van der Waals surface area contributed by atoms with E-state index in [0.717, 1.165) is 18.5 Å². The van der Waals surface area contributed by atoms with Gasteiger partial charge >= 0.3 is 0 Å². The molecule has 3 rings (SSSR count). The lowest BCUT2D eigenvalue weighted by molar-refractivity contribution is 0.396. The molecule has 0 heterocycles. The van der Waals surface area contributed by atoms with E-state index in [0.29, 0.717) is 0 Å². The SMILES string of the molecule is Cc1ccc(C)c(/C=C(/CNC2CC2)C2CCCCC2)c1. The molecule has 0 aliphatic heterocycles. The van der Waals surface area contributed by atoms with E-state index in [1.165, 1.54) is 61.6 Å². The zero-order valence-corrected chi connectivity index (χ0v) is 13.6. The van der Waals surface area contributed by atoms with Gasteiger partial charge in [0.2, 0.25) is 0 Å². The Morgan fingerprint density at radius 3 is 2.57 bits per heavy atom. The summed E-state index contributed by atoms with van der Waals surface area (Å²) < 4.78 is 0. The number of nitrogens with one attached hydrogen (secondary N) is 1. The second kappa shape index (κ2) is 6.79. The molecular formula is C20H29N. The number of hydrogen-bond acceptors (Lipinski definition) is 1. The normalized spacial score (nSPS) is 20.8. The third kappa shape index (κ3) is 4.20. The highest BCUT2D eigenvalue weighted by Gasteiger charge is 2.23. The Bertz CT molecular complexity index is 505. The summed E-state index contributed by atoms with van der Waals surface area (Å²) >= 11 is 0. The molecule has 21 heavy (non-hydrogen) atoms. The minimum Gasteiger partial charge on any atom is -0.310 e. The average molecular weight is 283 g/mol. The van der Waals surface area contributed by atoms with E-state index < -0.39 is 0 Å². The van der Waals surface area contributed by atoms with Gasteiger partial charge in [0.1, 0.15) is 0 Å². The molecule has 0 amide bonds. The highest BCUT2D eigenvalue weighted by Crippen LogP contribution is 2.32. The van der Waals surface area contributed by atoms with Gasteiger partial charge in [-0.05, 0) is 56.6 Å². The Labute approximate surface area is 129 Å². The topological polar surface area (TPSA) is 12.0 Å².